The minimum atomic E-state index is -3.67. The minimum absolute atomic E-state index is 0.00940. The van der Waals surface area contributed by atoms with Crippen LogP contribution in [-0.2, 0) is 16.6 Å². The fraction of sp³-hybridized carbons (Fsp3) is 0.231. The second-order valence-electron chi connectivity index (χ2n) is 4.44. The first kappa shape index (κ1) is 14.4. The fourth-order valence-corrected chi connectivity index (χ4v) is 2.97. The Balaban J connectivity index is 2.29. The van der Waals surface area contributed by atoms with Crippen LogP contribution in [0.3, 0.4) is 0 Å². The molecule has 0 saturated heterocycles. The molecule has 7 heteroatoms. The van der Waals surface area contributed by atoms with Crippen molar-refractivity contribution in [2.45, 2.75) is 18.4 Å². The Labute approximate surface area is 118 Å². The number of anilines is 1. The zero-order valence-corrected chi connectivity index (χ0v) is 12.1. The van der Waals surface area contributed by atoms with Gasteiger partial charge in [-0.05, 0) is 25.1 Å². The molecule has 2 rings (SSSR count). The number of hydrogen-bond donors (Lipinski definition) is 1. The Kier molecular flexibility index (Phi) is 4.01. The number of aryl methyl sites for hydroxylation is 1. The van der Waals surface area contributed by atoms with E-state index in [1.165, 1.54) is 29.8 Å². The molecular weight excluding hydrogens is 276 g/mol. The lowest BCUT2D eigenvalue weighted by molar-refractivity contribution is 0.462. The molecule has 0 spiro atoms. The van der Waals surface area contributed by atoms with Gasteiger partial charge >= 0.3 is 0 Å². The summed E-state index contributed by atoms with van der Waals surface area (Å²) >= 11 is 0. The number of sulfonamides is 1. The molecule has 0 fully saturated rings. The summed E-state index contributed by atoms with van der Waals surface area (Å²) in [7, 11) is -2.18. The lowest BCUT2D eigenvalue weighted by Gasteiger charge is -2.17. The second kappa shape index (κ2) is 5.56. The van der Waals surface area contributed by atoms with Crippen LogP contribution in [-0.4, -0.2) is 29.7 Å². The predicted molar refractivity (Wildman–Crippen MR) is 76.3 cm³/mol. The van der Waals surface area contributed by atoms with Crippen molar-refractivity contribution >= 4 is 15.7 Å². The Morgan fingerprint density at radius 3 is 2.70 bits per heavy atom. The van der Waals surface area contributed by atoms with E-state index in [0.717, 1.165) is 5.69 Å². The molecule has 2 heterocycles. The van der Waals surface area contributed by atoms with Crippen molar-refractivity contribution in [2.75, 3.05) is 12.8 Å². The Morgan fingerprint density at radius 1 is 1.30 bits per heavy atom. The highest BCUT2D eigenvalue weighted by molar-refractivity contribution is 7.89. The smallest absolute Gasteiger partial charge is 0.246 e. The molecule has 6 nitrogen and oxygen atoms in total. The number of nitrogen functional groups attached to an aromatic ring is 1. The van der Waals surface area contributed by atoms with Gasteiger partial charge in [-0.3, -0.25) is 9.97 Å². The predicted octanol–water partition coefficient (Wildman–Crippen LogP) is 1.19. The monoisotopic (exact) mass is 292 g/mol. The maximum Gasteiger partial charge on any atom is 0.246 e. The van der Waals surface area contributed by atoms with E-state index in [-0.39, 0.29) is 17.1 Å². The Bertz CT molecular complexity index is 716. The highest BCUT2D eigenvalue weighted by atomic mass is 32.2. The van der Waals surface area contributed by atoms with Gasteiger partial charge in [0.05, 0.1) is 17.9 Å². The number of nitrogens with two attached hydrogens (primary N) is 1. The average molecular weight is 292 g/mol. The lowest BCUT2D eigenvalue weighted by atomic mass is 10.3. The molecule has 0 aliphatic rings. The molecule has 0 aromatic carbocycles. The molecule has 2 aromatic rings. The zero-order valence-electron chi connectivity index (χ0n) is 11.3. The quantitative estimate of drug-likeness (QED) is 0.914. The molecule has 0 unspecified atom stereocenters. The van der Waals surface area contributed by atoms with E-state index in [1.807, 2.05) is 19.1 Å². The first-order chi connectivity index (χ1) is 9.41. The van der Waals surface area contributed by atoms with E-state index < -0.39 is 10.0 Å². The van der Waals surface area contributed by atoms with Crippen molar-refractivity contribution in [2.24, 2.45) is 0 Å². The van der Waals surface area contributed by atoms with Crippen LogP contribution in [0.4, 0.5) is 5.69 Å². The molecule has 106 valence electrons. The molecule has 0 atom stereocenters. The Hall–Kier alpha value is -1.99. The molecule has 2 N–H and O–H groups in total. The van der Waals surface area contributed by atoms with Crippen LogP contribution in [0, 0.1) is 6.92 Å². The van der Waals surface area contributed by atoms with Gasteiger partial charge in [0.2, 0.25) is 10.0 Å². The molecule has 2 aromatic heterocycles. The summed E-state index contributed by atoms with van der Waals surface area (Å²) in [4.78, 5) is 8.11. The van der Waals surface area contributed by atoms with Crippen LogP contribution < -0.4 is 5.73 Å². The third-order valence-corrected chi connectivity index (χ3v) is 4.68. The Morgan fingerprint density at radius 2 is 2.05 bits per heavy atom. The van der Waals surface area contributed by atoms with E-state index in [9.17, 15) is 8.42 Å². The van der Waals surface area contributed by atoms with Crippen molar-refractivity contribution in [1.82, 2.24) is 14.3 Å². The molecular formula is C13H16N4O2S. The first-order valence-electron chi connectivity index (χ1n) is 5.99. The highest BCUT2D eigenvalue weighted by Gasteiger charge is 2.23. The molecule has 20 heavy (non-hydrogen) atoms. The number of hydrogen-bond acceptors (Lipinski definition) is 5. The largest absolute Gasteiger partial charge is 0.398 e. The maximum absolute atomic E-state index is 12.4. The fourth-order valence-electron chi connectivity index (χ4n) is 1.77. The highest BCUT2D eigenvalue weighted by Crippen LogP contribution is 2.20. The van der Waals surface area contributed by atoms with Gasteiger partial charge in [0, 0.05) is 25.1 Å². The average Bonchev–Trinajstić information content (AvgIpc) is 2.39. The van der Waals surface area contributed by atoms with E-state index >= 15 is 0 Å². The van der Waals surface area contributed by atoms with Crippen molar-refractivity contribution < 1.29 is 8.42 Å². The summed E-state index contributed by atoms with van der Waals surface area (Å²) in [5.41, 5.74) is 7.41. The lowest BCUT2D eigenvalue weighted by Crippen LogP contribution is -2.27. The van der Waals surface area contributed by atoms with Gasteiger partial charge < -0.3 is 5.73 Å². The normalized spacial score (nSPS) is 11.8. The molecule has 0 saturated carbocycles. The molecule has 0 amide bonds. The van der Waals surface area contributed by atoms with Crippen molar-refractivity contribution in [3.8, 4) is 0 Å². The third-order valence-electron chi connectivity index (χ3n) is 2.84. The number of nitrogens with zero attached hydrogens (tertiary/aromatic N) is 3. The standard InChI is InChI=1S/C13H16N4O2S/c1-10-4-3-5-11(16-10)9-17(2)20(18,19)13-8-15-7-6-12(13)14/h3-8H,9H2,1-2H3,(H2,14,15). The van der Waals surface area contributed by atoms with Gasteiger partial charge in [0.25, 0.3) is 0 Å². The van der Waals surface area contributed by atoms with Gasteiger partial charge in [0.1, 0.15) is 4.90 Å². The SMILES string of the molecule is Cc1cccc(CN(C)S(=O)(=O)c2cnccc2N)n1. The van der Waals surface area contributed by atoms with Crippen molar-refractivity contribution in [3.05, 3.63) is 48.0 Å². The summed E-state index contributed by atoms with van der Waals surface area (Å²) < 4.78 is 26.1. The molecule has 0 aliphatic heterocycles. The minimum Gasteiger partial charge on any atom is -0.398 e. The summed E-state index contributed by atoms with van der Waals surface area (Å²) in [6.45, 7) is 2.04. The van der Waals surface area contributed by atoms with Crippen LogP contribution in [0.25, 0.3) is 0 Å². The van der Waals surface area contributed by atoms with Crippen LogP contribution >= 0.6 is 0 Å². The van der Waals surface area contributed by atoms with Crippen LogP contribution in [0.2, 0.25) is 0 Å². The summed E-state index contributed by atoms with van der Waals surface area (Å²) in [6, 6.07) is 6.95. The van der Waals surface area contributed by atoms with Crippen LogP contribution in [0.5, 0.6) is 0 Å². The van der Waals surface area contributed by atoms with Crippen molar-refractivity contribution in [3.63, 3.8) is 0 Å². The zero-order chi connectivity index (χ0) is 14.8. The summed E-state index contributed by atoms with van der Waals surface area (Å²) in [5.74, 6) is 0. The van der Waals surface area contributed by atoms with Gasteiger partial charge in [-0.15, -0.1) is 0 Å². The molecule has 0 aliphatic carbocycles. The van der Waals surface area contributed by atoms with E-state index in [4.69, 9.17) is 5.73 Å². The summed E-state index contributed by atoms with van der Waals surface area (Å²) in [5, 5.41) is 0. The number of aromatic nitrogens is 2. The first-order valence-corrected chi connectivity index (χ1v) is 7.43. The van der Waals surface area contributed by atoms with Gasteiger partial charge in [-0.25, -0.2) is 8.42 Å². The maximum atomic E-state index is 12.4. The summed E-state index contributed by atoms with van der Waals surface area (Å²) in [6.07, 6.45) is 2.71. The topological polar surface area (TPSA) is 89.2 Å². The van der Waals surface area contributed by atoms with E-state index in [0.29, 0.717) is 5.69 Å². The van der Waals surface area contributed by atoms with Gasteiger partial charge in [0.15, 0.2) is 0 Å². The van der Waals surface area contributed by atoms with E-state index in [1.54, 1.807) is 6.07 Å². The van der Waals surface area contributed by atoms with Gasteiger partial charge in [-0.1, -0.05) is 6.07 Å². The van der Waals surface area contributed by atoms with Crippen LogP contribution in [0.1, 0.15) is 11.4 Å². The molecule has 0 bridgehead atoms. The van der Waals surface area contributed by atoms with Crippen LogP contribution in [0.15, 0.2) is 41.6 Å². The van der Waals surface area contributed by atoms with E-state index in [2.05, 4.69) is 9.97 Å². The second-order valence-corrected chi connectivity index (χ2v) is 6.46. The molecule has 0 radical (unpaired) electrons. The number of rotatable bonds is 4. The third kappa shape index (κ3) is 2.94. The van der Waals surface area contributed by atoms with Gasteiger partial charge in [-0.2, -0.15) is 4.31 Å². The van der Waals surface area contributed by atoms with Crippen molar-refractivity contribution in [1.29, 1.82) is 0 Å². The number of pyridine rings is 2.